The molecule has 2 saturated heterocycles. The van der Waals surface area contributed by atoms with E-state index in [1.165, 1.54) is 50.2 Å². The summed E-state index contributed by atoms with van der Waals surface area (Å²) < 4.78 is 0. The lowest BCUT2D eigenvalue weighted by Crippen LogP contribution is -2.50. The maximum atomic E-state index is 5.85. The Balaban J connectivity index is 1.91. The minimum Gasteiger partial charge on any atom is -0.329 e. The van der Waals surface area contributed by atoms with Gasteiger partial charge < -0.3 is 5.73 Å². The molecule has 0 spiro atoms. The minimum atomic E-state index is 0.692. The van der Waals surface area contributed by atoms with Crippen LogP contribution in [-0.4, -0.2) is 41.6 Å². The second kappa shape index (κ2) is 5.38. The van der Waals surface area contributed by atoms with E-state index in [0.717, 1.165) is 12.6 Å². The van der Waals surface area contributed by atoms with E-state index in [0.29, 0.717) is 6.04 Å². The Bertz CT molecular complexity index is 169. The van der Waals surface area contributed by atoms with Crippen molar-refractivity contribution in [3.63, 3.8) is 0 Å². The summed E-state index contributed by atoms with van der Waals surface area (Å²) in [7, 11) is 0. The number of nitrogens with two attached hydrogens (primary N) is 1. The normalized spacial score (nSPS) is 31.9. The Labute approximate surface area is 91.6 Å². The van der Waals surface area contributed by atoms with Gasteiger partial charge in [0.25, 0.3) is 0 Å². The van der Waals surface area contributed by atoms with Crippen LogP contribution >= 0.6 is 11.8 Å². The zero-order valence-electron chi connectivity index (χ0n) is 8.95. The maximum Gasteiger partial charge on any atom is 0.0221 e. The molecular formula is C11H22N2S. The largest absolute Gasteiger partial charge is 0.329 e. The zero-order chi connectivity index (χ0) is 9.80. The highest BCUT2D eigenvalue weighted by molar-refractivity contribution is 7.99. The Hall–Kier alpha value is 0.270. The van der Waals surface area contributed by atoms with E-state index in [2.05, 4.69) is 16.7 Å². The number of hydrogen-bond acceptors (Lipinski definition) is 3. The molecule has 0 bridgehead atoms. The smallest absolute Gasteiger partial charge is 0.0221 e. The third-order valence-electron chi connectivity index (χ3n) is 3.60. The van der Waals surface area contributed by atoms with Gasteiger partial charge in [-0.25, -0.2) is 0 Å². The molecular weight excluding hydrogens is 192 g/mol. The molecule has 2 aliphatic rings. The van der Waals surface area contributed by atoms with E-state index in [-0.39, 0.29) is 0 Å². The summed E-state index contributed by atoms with van der Waals surface area (Å²) in [6.07, 6.45) is 6.89. The Morgan fingerprint density at radius 1 is 1.14 bits per heavy atom. The van der Waals surface area contributed by atoms with E-state index in [1.807, 2.05) is 0 Å². The summed E-state index contributed by atoms with van der Waals surface area (Å²) in [5.41, 5.74) is 5.85. The molecule has 0 aromatic carbocycles. The van der Waals surface area contributed by atoms with E-state index in [1.54, 1.807) is 0 Å². The van der Waals surface area contributed by atoms with Crippen LogP contribution in [0.25, 0.3) is 0 Å². The molecule has 0 aliphatic carbocycles. The van der Waals surface area contributed by atoms with Crippen molar-refractivity contribution in [2.75, 3.05) is 24.6 Å². The van der Waals surface area contributed by atoms with Crippen molar-refractivity contribution >= 4 is 11.8 Å². The fourth-order valence-electron chi connectivity index (χ4n) is 2.77. The van der Waals surface area contributed by atoms with E-state index in [4.69, 9.17) is 5.73 Å². The second-order valence-corrected chi connectivity index (χ2v) is 5.69. The Kier molecular flexibility index (Phi) is 4.14. The molecule has 2 aliphatic heterocycles. The lowest BCUT2D eigenvalue weighted by molar-refractivity contribution is 0.0935. The van der Waals surface area contributed by atoms with Crippen LogP contribution < -0.4 is 5.73 Å². The summed E-state index contributed by atoms with van der Waals surface area (Å²) in [6, 6.07) is 1.54. The van der Waals surface area contributed by atoms with Gasteiger partial charge in [0.15, 0.2) is 0 Å². The molecule has 0 aromatic heterocycles. The Morgan fingerprint density at radius 2 is 1.93 bits per heavy atom. The van der Waals surface area contributed by atoms with Gasteiger partial charge in [-0.1, -0.05) is 6.42 Å². The topological polar surface area (TPSA) is 29.3 Å². The van der Waals surface area contributed by atoms with Gasteiger partial charge >= 0.3 is 0 Å². The third kappa shape index (κ3) is 2.44. The van der Waals surface area contributed by atoms with E-state index in [9.17, 15) is 0 Å². The number of piperidine rings is 1. The van der Waals surface area contributed by atoms with Gasteiger partial charge in [0, 0.05) is 18.6 Å². The molecule has 2 rings (SSSR count). The van der Waals surface area contributed by atoms with Crippen molar-refractivity contribution in [1.29, 1.82) is 0 Å². The van der Waals surface area contributed by atoms with Crippen LogP contribution in [0.1, 0.15) is 32.1 Å². The third-order valence-corrected chi connectivity index (χ3v) is 4.65. The lowest BCUT2D eigenvalue weighted by Gasteiger charge is -2.42. The molecule has 1 unspecified atom stereocenters. The van der Waals surface area contributed by atoms with Crippen LogP contribution in [0.3, 0.4) is 0 Å². The molecule has 2 fully saturated rings. The standard InChI is InChI=1S/C11H22N2S/c12-9-11-3-1-2-6-13(11)10-4-7-14-8-5-10/h10-11H,1-9,12H2. The van der Waals surface area contributed by atoms with Gasteiger partial charge in [0.05, 0.1) is 0 Å². The van der Waals surface area contributed by atoms with Gasteiger partial charge in [0.2, 0.25) is 0 Å². The maximum absolute atomic E-state index is 5.85. The minimum absolute atomic E-state index is 0.692. The highest BCUT2D eigenvalue weighted by Gasteiger charge is 2.28. The number of likely N-dealkylation sites (tertiary alicyclic amines) is 1. The molecule has 2 nitrogen and oxygen atoms in total. The van der Waals surface area contributed by atoms with Crippen LogP contribution in [0.4, 0.5) is 0 Å². The fraction of sp³-hybridized carbons (Fsp3) is 1.00. The summed E-state index contributed by atoms with van der Waals surface area (Å²) in [5, 5.41) is 0. The summed E-state index contributed by atoms with van der Waals surface area (Å²) in [5.74, 6) is 2.72. The predicted molar refractivity (Wildman–Crippen MR) is 63.7 cm³/mol. The summed E-state index contributed by atoms with van der Waals surface area (Å²) in [6.45, 7) is 2.17. The quantitative estimate of drug-likeness (QED) is 0.758. The van der Waals surface area contributed by atoms with Crippen LogP contribution in [0, 0.1) is 0 Å². The van der Waals surface area contributed by atoms with Crippen LogP contribution in [-0.2, 0) is 0 Å². The number of thioether (sulfide) groups is 1. The van der Waals surface area contributed by atoms with Crippen molar-refractivity contribution in [3.8, 4) is 0 Å². The highest BCUT2D eigenvalue weighted by Crippen LogP contribution is 2.27. The van der Waals surface area contributed by atoms with E-state index < -0.39 is 0 Å². The van der Waals surface area contributed by atoms with Crippen LogP contribution in [0.15, 0.2) is 0 Å². The van der Waals surface area contributed by atoms with Crippen molar-refractivity contribution in [3.05, 3.63) is 0 Å². The monoisotopic (exact) mass is 214 g/mol. The van der Waals surface area contributed by atoms with Crippen molar-refractivity contribution in [2.24, 2.45) is 5.73 Å². The number of rotatable bonds is 2. The average molecular weight is 214 g/mol. The predicted octanol–water partition coefficient (Wildman–Crippen LogP) is 1.70. The summed E-state index contributed by atoms with van der Waals surface area (Å²) in [4.78, 5) is 2.71. The molecule has 3 heteroatoms. The first-order valence-electron chi connectivity index (χ1n) is 5.95. The van der Waals surface area contributed by atoms with Crippen LogP contribution in [0.5, 0.6) is 0 Å². The average Bonchev–Trinajstić information content (AvgIpc) is 2.30. The van der Waals surface area contributed by atoms with Crippen molar-refractivity contribution in [2.45, 2.75) is 44.2 Å². The van der Waals surface area contributed by atoms with Gasteiger partial charge in [0.1, 0.15) is 0 Å². The van der Waals surface area contributed by atoms with Gasteiger partial charge in [-0.3, -0.25) is 4.90 Å². The van der Waals surface area contributed by atoms with Gasteiger partial charge in [-0.2, -0.15) is 11.8 Å². The molecule has 1 atom stereocenters. The van der Waals surface area contributed by atoms with Gasteiger partial charge in [-0.15, -0.1) is 0 Å². The SMILES string of the molecule is NCC1CCCCN1C1CCSCC1. The molecule has 82 valence electrons. The first kappa shape index (κ1) is 10.8. The highest BCUT2D eigenvalue weighted by atomic mass is 32.2. The second-order valence-electron chi connectivity index (χ2n) is 4.47. The van der Waals surface area contributed by atoms with Gasteiger partial charge in [-0.05, 0) is 43.7 Å². The molecule has 14 heavy (non-hydrogen) atoms. The zero-order valence-corrected chi connectivity index (χ0v) is 9.77. The van der Waals surface area contributed by atoms with Crippen LogP contribution in [0.2, 0.25) is 0 Å². The lowest BCUT2D eigenvalue weighted by atomic mass is 9.97. The van der Waals surface area contributed by atoms with Crippen molar-refractivity contribution < 1.29 is 0 Å². The first-order chi connectivity index (χ1) is 6.92. The van der Waals surface area contributed by atoms with Crippen molar-refractivity contribution in [1.82, 2.24) is 4.90 Å². The molecule has 0 aromatic rings. The number of nitrogens with zero attached hydrogens (tertiary/aromatic N) is 1. The first-order valence-corrected chi connectivity index (χ1v) is 7.11. The van der Waals surface area contributed by atoms with E-state index >= 15 is 0 Å². The summed E-state index contributed by atoms with van der Waals surface area (Å²) >= 11 is 2.11. The molecule has 2 N–H and O–H groups in total. The molecule has 2 heterocycles. The molecule has 0 amide bonds. The molecule has 0 saturated carbocycles. The molecule has 0 radical (unpaired) electrons. The fourth-order valence-corrected chi connectivity index (χ4v) is 3.86. The number of hydrogen-bond donors (Lipinski definition) is 1. The Morgan fingerprint density at radius 3 is 2.64 bits per heavy atom.